The molecular formula is C19H19NO2. The Morgan fingerprint density at radius 3 is 2.55 bits per heavy atom. The molecule has 0 spiro atoms. The van der Waals surface area contributed by atoms with Crippen LogP contribution >= 0.6 is 0 Å². The molecule has 0 aliphatic carbocycles. The molecule has 3 aromatic rings. The molecule has 1 unspecified atom stereocenters. The van der Waals surface area contributed by atoms with Gasteiger partial charge in [0.1, 0.15) is 11.3 Å². The molecule has 1 heterocycles. The molecule has 3 heteroatoms. The molecular weight excluding hydrogens is 274 g/mol. The van der Waals surface area contributed by atoms with Crippen molar-refractivity contribution >= 4 is 16.9 Å². The van der Waals surface area contributed by atoms with Crippen molar-refractivity contribution in [2.24, 2.45) is 0 Å². The number of amides is 1. The van der Waals surface area contributed by atoms with E-state index < -0.39 is 0 Å². The number of furan rings is 1. The Labute approximate surface area is 130 Å². The summed E-state index contributed by atoms with van der Waals surface area (Å²) in [5.41, 5.74) is 3.81. The second kappa shape index (κ2) is 5.68. The SMILES string of the molecule is Cc1ccc(C(=O)NC(C)c2cc3ccccc3o2)cc1C. The minimum absolute atomic E-state index is 0.0870. The Bertz CT molecular complexity index is 799. The third kappa shape index (κ3) is 2.75. The number of nitrogens with one attached hydrogen (secondary N) is 1. The lowest BCUT2D eigenvalue weighted by atomic mass is 10.1. The van der Waals surface area contributed by atoms with Gasteiger partial charge in [-0.3, -0.25) is 4.79 Å². The van der Waals surface area contributed by atoms with Gasteiger partial charge in [-0.05, 0) is 56.2 Å². The van der Waals surface area contributed by atoms with Crippen LogP contribution in [-0.2, 0) is 0 Å². The number of para-hydroxylation sites is 1. The van der Waals surface area contributed by atoms with Gasteiger partial charge >= 0.3 is 0 Å². The van der Waals surface area contributed by atoms with E-state index in [-0.39, 0.29) is 11.9 Å². The predicted octanol–water partition coefficient (Wildman–Crippen LogP) is 4.54. The van der Waals surface area contributed by atoms with Gasteiger partial charge in [0.25, 0.3) is 5.91 Å². The van der Waals surface area contributed by atoms with Crippen molar-refractivity contribution in [3.8, 4) is 0 Å². The zero-order valence-electron chi connectivity index (χ0n) is 13.0. The second-order valence-electron chi connectivity index (χ2n) is 5.68. The van der Waals surface area contributed by atoms with Crippen molar-refractivity contribution < 1.29 is 9.21 Å². The molecule has 3 rings (SSSR count). The fourth-order valence-corrected chi connectivity index (χ4v) is 2.45. The average Bonchev–Trinajstić information content (AvgIpc) is 2.94. The summed E-state index contributed by atoms with van der Waals surface area (Å²) in [4.78, 5) is 12.4. The normalized spacial score (nSPS) is 12.3. The number of carbonyl (C=O) groups excluding carboxylic acids is 1. The maximum Gasteiger partial charge on any atom is 0.251 e. The number of rotatable bonds is 3. The number of hydrogen-bond acceptors (Lipinski definition) is 2. The van der Waals surface area contributed by atoms with E-state index in [1.807, 2.05) is 69.3 Å². The van der Waals surface area contributed by atoms with E-state index in [1.54, 1.807) is 0 Å². The highest BCUT2D eigenvalue weighted by Gasteiger charge is 2.15. The van der Waals surface area contributed by atoms with E-state index in [0.717, 1.165) is 22.3 Å². The maximum absolute atomic E-state index is 12.4. The van der Waals surface area contributed by atoms with Crippen LogP contribution in [0.2, 0.25) is 0 Å². The lowest BCUT2D eigenvalue weighted by molar-refractivity contribution is 0.0935. The molecule has 0 saturated carbocycles. The fraction of sp³-hybridized carbons (Fsp3) is 0.211. The summed E-state index contributed by atoms with van der Waals surface area (Å²) in [6.45, 7) is 5.97. The smallest absolute Gasteiger partial charge is 0.251 e. The Morgan fingerprint density at radius 1 is 1.05 bits per heavy atom. The first kappa shape index (κ1) is 14.4. The minimum atomic E-state index is -0.179. The lowest BCUT2D eigenvalue weighted by Crippen LogP contribution is -2.26. The lowest BCUT2D eigenvalue weighted by Gasteiger charge is -2.12. The Kier molecular flexibility index (Phi) is 3.72. The maximum atomic E-state index is 12.4. The van der Waals surface area contributed by atoms with Gasteiger partial charge in [-0.1, -0.05) is 24.3 Å². The van der Waals surface area contributed by atoms with Crippen molar-refractivity contribution in [3.63, 3.8) is 0 Å². The molecule has 1 N–H and O–H groups in total. The monoisotopic (exact) mass is 293 g/mol. The van der Waals surface area contributed by atoms with Gasteiger partial charge in [0, 0.05) is 10.9 Å². The van der Waals surface area contributed by atoms with Crippen LogP contribution in [-0.4, -0.2) is 5.91 Å². The largest absolute Gasteiger partial charge is 0.459 e. The molecule has 0 radical (unpaired) electrons. The molecule has 0 bridgehead atoms. The summed E-state index contributed by atoms with van der Waals surface area (Å²) in [7, 11) is 0. The van der Waals surface area contributed by atoms with E-state index in [1.165, 1.54) is 5.56 Å². The third-order valence-electron chi connectivity index (χ3n) is 3.99. The third-order valence-corrected chi connectivity index (χ3v) is 3.99. The highest BCUT2D eigenvalue weighted by Crippen LogP contribution is 2.23. The predicted molar refractivity (Wildman–Crippen MR) is 88.0 cm³/mol. The quantitative estimate of drug-likeness (QED) is 0.770. The Morgan fingerprint density at radius 2 is 1.82 bits per heavy atom. The molecule has 0 fully saturated rings. The first-order chi connectivity index (χ1) is 10.5. The van der Waals surface area contributed by atoms with Crippen LogP contribution in [0, 0.1) is 13.8 Å². The van der Waals surface area contributed by atoms with Crippen LogP contribution in [0.3, 0.4) is 0 Å². The number of benzene rings is 2. The highest BCUT2D eigenvalue weighted by molar-refractivity contribution is 5.94. The first-order valence-corrected chi connectivity index (χ1v) is 7.41. The topological polar surface area (TPSA) is 42.2 Å². The second-order valence-corrected chi connectivity index (χ2v) is 5.68. The Balaban J connectivity index is 1.79. The molecule has 0 saturated heterocycles. The van der Waals surface area contributed by atoms with Gasteiger partial charge in [-0.25, -0.2) is 0 Å². The summed E-state index contributed by atoms with van der Waals surface area (Å²) >= 11 is 0. The molecule has 0 aliphatic heterocycles. The van der Waals surface area contributed by atoms with Crippen LogP contribution in [0.15, 0.2) is 52.9 Å². The highest BCUT2D eigenvalue weighted by atomic mass is 16.3. The summed E-state index contributed by atoms with van der Waals surface area (Å²) < 4.78 is 5.79. The van der Waals surface area contributed by atoms with Gasteiger partial charge in [0.05, 0.1) is 6.04 Å². The van der Waals surface area contributed by atoms with Gasteiger partial charge in [-0.15, -0.1) is 0 Å². The molecule has 3 nitrogen and oxygen atoms in total. The van der Waals surface area contributed by atoms with Crippen LogP contribution in [0.1, 0.15) is 40.2 Å². The molecule has 2 aromatic carbocycles. The average molecular weight is 293 g/mol. The van der Waals surface area contributed by atoms with E-state index in [0.29, 0.717) is 5.56 Å². The number of hydrogen-bond donors (Lipinski definition) is 1. The summed E-state index contributed by atoms with van der Waals surface area (Å²) in [5.74, 6) is 0.675. The van der Waals surface area contributed by atoms with E-state index in [4.69, 9.17) is 4.42 Å². The van der Waals surface area contributed by atoms with Gasteiger partial charge in [0.15, 0.2) is 0 Å². The van der Waals surface area contributed by atoms with Gasteiger partial charge < -0.3 is 9.73 Å². The molecule has 112 valence electrons. The van der Waals surface area contributed by atoms with Crippen LogP contribution in [0.5, 0.6) is 0 Å². The van der Waals surface area contributed by atoms with Crippen LogP contribution in [0.25, 0.3) is 11.0 Å². The number of fused-ring (bicyclic) bond motifs is 1. The van der Waals surface area contributed by atoms with Crippen molar-refractivity contribution in [2.75, 3.05) is 0 Å². The fourth-order valence-electron chi connectivity index (χ4n) is 2.45. The van der Waals surface area contributed by atoms with Crippen LogP contribution < -0.4 is 5.32 Å². The molecule has 1 atom stereocenters. The van der Waals surface area contributed by atoms with E-state index in [9.17, 15) is 4.79 Å². The molecule has 1 aromatic heterocycles. The first-order valence-electron chi connectivity index (χ1n) is 7.41. The van der Waals surface area contributed by atoms with Crippen molar-refractivity contribution in [1.29, 1.82) is 0 Å². The zero-order valence-corrected chi connectivity index (χ0v) is 13.0. The number of aryl methyl sites for hydroxylation is 2. The van der Waals surface area contributed by atoms with E-state index >= 15 is 0 Å². The van der Waals surface area contributed by atoms with Crippen molar-refractivity contribution in [1.82, 2.24) is 5.32 Å². The number of carbonyl (C=O) groups is 1. The molecule has 1 amide bonds. The summed E-state index contributed by atoms with van der Waals surface area (Å²) in [6, 6.07) is 15.4. The standard InChI is InChI=1S/C19H19NO2/c1-12-8-9-16(10-13(12)2)19(21)20-14(3)18-11-15-6-4-5-7-17(15)22-18/h4-11,14H,1-3H3,(H,20,21). The van der Waals surface area contributed by atoms with Crippen molar-refractivity contribution in [2.45, 2.75) is 26.8 Å². The van der Waals surface area contributed by atoms with Gasteiger partial charge in [-0.2, -0.15) is 0 Å². The van der Waals surface area contributed by atoms with E-state index in [2.05, 4.69) is 5.32 Å². The van der Waals surface area contributed by atoms with Crippen LogP contribution in [0.4, 0.5) is 0 Å². The summed E-state index contributed by atoms with van der Waals surface area (Å²) in [6.07, 6.45) is 0. The Hall–Kier alpha value is -2.55. The zero-order chi connectivity index (χ0) is 15.7. The van der Waals surface area contributed by atoms with Gasteiger partial charge in [0.2, 0.25) is 0 Å². The molecule has 0 aliphatic rings. The summed E-state index contributed by atoms with van der Waals surface area (Å²) in [5, 5.41) is 4.03. The van der Waals surface area contributed by atoms with Crippen molar-refractivity contribution in [3.05, 3.63) is 71.0 Å². The molecule has 22 heavy (non-hydrogen) atoms. The minimum Gasteiger partial charge on any atom is -0.459 e.